The number of benzene rings is 1. The van der Waals surface area contributed by atoms with Crippen LogP contribution in [0.15, 0.2) is 36.4 Å². The van der Waals surface area contributed by atoms with Gasteiger partial charge in [-0.3, -0.25) is 19.3 Å². The van der Waals surface area contributed by atoms with Gasteiger partial charge in [-0.2, -0.15) is 0 Å². The zero-order valence-electron chi connectivity index (χ0n) is 15.5. The second-order valence-corrected chi connectivity index (χ2v) is 7.93. The van der Waals surface area contributed by atoms with Crippen LogP contribution < -0.4 is 10.2 Å². The summed E-state index contributed by atoms with van der Waals surface area (Å²) in [6.45, 7) is 2.60. The fourth-order valence-electron chi connectivity index (χ4n) is 5.11. The molecule has 7 nitrogen and oxygen atoms in total. The van der Waals surface area contributed by atoms with E-state index in [0.717, 1.165) is 30.1 Å². The number of morpholine rings is 1. The first-order chi connectivity index (χ1) is 13.6. The first-order valence-electron chi connectivity index (χ1n) is 9.88. The molecule has 7 heteroatoms. The van der Waals surface area contributed by atoms with Crippen LogP contribution in [-0.4, -0.2) is 55.5 Å². The molecule has 2 saturated heterocycles. The Kier molecular flexibility index (Phi) is 4.19. The highest BCUT2D eigenvalue weighted by atomic mass is 16.5. The van der Waals surface area contributed by atoms with Crippen LogP contribution >= 0.6 is 0 Å². The van der Waals surface area contributed by atoms with E-state index in [1.165, 1.54) is 0 Å². The van der Waals surface area contributed by atoms with E-state index < -0.39 is 0 Å². The number of likely N-dealkylation sites (tertiary alicyclic amines) is 1. The van der Waals surface area contributed by atoms with Crippen LogP contribution in [0.2, 0.25) is 0 Å². The molecule has 0 spiro atoms. The van der Waals surface area contributed by atoms with Crippen molar-refractivity contribution in [1.82, 2.24) is 4.90 Å². The van der Waals surface area contributed by atoms with Gasteiger partial charge >= 0.3 is 0 Å². The van der Waals surface area contributed by atoms with Crippen LogP contribution in [0, 0.1) is 23.7 Å². The smallest absolute Gasteiger partial charge is 0.244 e. The average Bonchev–Trinajstić information content (AvgIpc) is 3.39. The lowest BCUT2D eigenvalue weighted by Crippen LogP contribution is -2.40. The Labute approximate surface area is 163 Å². The van der Waals surface area contributed by atoms with E-state index in [0.29, 0.717) is 18.9 Å². The zero-order chi connectivity index (χ0) is 19.3. The van der Waals surface area contributed by atoms with Gasteiger partial charge in [0.05, 0.1) is 36.4 Å². The number of rotatable bonds is 4. The molecule has 1 aromatic carbocycles. The second-order valence-electron chi connectivity index (χ2n) is 7.93. The summed E-state index contributed by atoms with van der Waals surface area (Å²) in [7, 11) is 0. The van der Waals surface area contributed by atoms with E-state index in [1.807, 2.05) is 24.3 Å². The molecule has 2 aliphatic carbocycles. The number of imide groups is 1. The number of carbonyl (C=O) groups is 3. The third-order valence-electron chi connectivity index (χ3n) is 6.39. The summed E-state index contributed by atoms with van der Waals surface area (Å²) in [4.78, 5) is 41.5. The van der Waals surface area contributed by atoms with Crippen LogP contribution in [0.4, 0.5) is 11.4 Å². The summed E-state index contributed by atoms with van der Waals surface area (Å²) in [6, 6.07) is 7.59. The maximum absolute atomic E-state index is 12.8. The van der Waals surface area contributed by atoms with Crippen molar-refractivity contribution in [3.63, 3.8) is 0 Å². The standard InChI is InChI=1S/C21H23N3O4/c25-17(22-15-3-1-2-4-16(15)23-7-9-28-10-8-23)12-24-20(26)18-13-5-6-14(11-13)19(18)21(24)27/h1-6,13-14,18-19H,7-12H2,(H,22,25)/t13-,14+,18-,19-/m0/s1. The predicted octanol–water partition coefficient (Wildman–Crippen LogP) is 1.27. The minimum atomic E-state index is -0.345. The minimum absolute atomic E-state index is 0.154. The summed E-state index contributed by atoms with van der Waals surface area (Å²) in [5, 5.41) is 2.90. The van der Waals surface area contributed by atoms with Gasteiger partial charge in [0.25, 0.3) is 0 Å². The summed E-state index contributed by atoms with van der Waals surface area (Å²) >= 11 is 0. The van der Waals surface area contributed by atoms with E-state index in [9.17, 15) is 14.4 Å². The lowest BCUT2D eigenvalue weighted by atomic mass is 9.85. The molecule has 1 aromatic rings. The normalized spacial score (nSPS) is 30.9. The number of allylic oxidation sites excluding steroid dienone is 2. The lowest BCUT2D eigenvalue weighted by molar-refractivity contribution is -0.143. The molecule has 5 rings (SSSR count). The van der Waals surface area contributed by atoms with Crippen molar-refractivity contribution in [1.29, 1.82) is 0 Å². The van der Waals surface area contributed by atoms with Crippen molar-refractivity contribution >= 4 is 29.1 Å². The average molecular weight is 381 g/mol. The summed E-state index contributed by atoms with van der Waals surface area (Å²) < 4.78 is 5.40. The highest BCUT2D eigenvalue weighted by molar-refractivity contribution is 6.09. The van der Waals surface area contributed by atoms with E-state index in [-0.39, 0.29) is 47.9 Å². The fraction of sp³-hybridized carbons (Fsp3) is 0.476. The number of hydrogen-bond donors (Lipinski definition) is 1. The molecule has 0 aromatic heterocycles. The van der Waals surface area contributed by atoms with Gasteiger partial charge in [-0.05, 0) is 30.4 Å². The molecule has 3 fully saturated rings. The van der Waals surface area contributed by atoms with Gasteiger partial charge in [0, 0.05) is 13.1 Å². The molecule has 3 amide bonds. The van der Waals surface area contributed by atoms with Crippen LogP contribution in [0.5, 0.6) is 0 Å². The maximum atomic E-state index is 12.8. The van der Waals surface area contributed by atoms with Gasteiger partial charge in [0.1, 0.15) is 6.54 Å². The molecule has 0 radical (unpaired) electrons. The molecular weight excluding hydrogens is 358 g/mol. The molecule has 4 aliphatic rings. The summed E-state index contributed by atoms with van der Waals surface area (Å²) in [5.41, 5.74) is 1.62. The molecule has 2 heterocycles. The number of anilines is 2. The van der Waals surface area contributed by atoms with Gasteiger partial charge in [0.15, 0.2) is 0 Å². The minimum Gasteiger partial charge on any atom is -0.378 e. The molecule has 2 aliphatic heterocycles. The van der Waals surface area contributed by atoms with Crippen molar-refractivity contribution in [3.05, 3.63) is 36.4 Å². The number of para-hydroxylation sites is 2. The Morgan fingerprint density at radius 1 is 1.04 bits per heavy atom. The molecule has 28 heavy (non-hydrogen) atoms. The number of nitrogens with one attached hydrogen (secondary N) is 1. The number of fused-ring (bicyclic) bond motifs is 5. The number of ether oxygens (including phenoxy) is 1. The molecule has 1 N–H and O–H groups in total. The van der Waals surface area contributed by atoms with Crippen LogP contribution in [0.1, 0.15) is 6.42 Å². The maximum Gasteiger partial charge on any atom is 0.244 e. The van der Waals surface area contributed by atoms with Crippen LogP contribution in [-0.2, 0) is 19.1 Å². The van der Waals surface area contributed by atoms with Gasteiger partial charge in [-0.15, -0.1) is 0 Å². The molecule has 1 saturated carbocycles. The fourth-order valence-corrected chi connectivity index (χ4v) is 5.11. The Morgan fingerprint density at radius 3 is 2.36 bits per heavy atom. The molecule has 2 bridgehead atoms. The van der Waals surface area contributed by atoms with Gasteiger partial charge in [0.2, 0.25) is 17.7 Å². The number of amides is 3. The van der Waals surface area contributed by atoms with E-state index in [1.54, 1.807) is 0 Å². The Bertz CT molecular complexity index is 831. The first-order valence-corrected chi connectivity index (χ1v) is 9.88. The summed E-state index contributed by atoms with van der Waals surface area (Å²) in [5.74, 6) is -0.954. The molecule has 0 unspecified atom stereocenters. The van der Waals surface area contributed by atoms with Gasteiger partial charge < -0.3 is 15.0 Å². The second kappa shape index (κ2) is 6.74. The van der Waals surface area contributed by atoms with Crippen molar-refractivity contribution in [3.8, 4) is 0 Å². The Balaban J connectivity index is 1.29. The lowest BCUT2D eigenvalue weighted by Gasteiger charge is -2.30. The van der Waals surface area contributed by atoms with E-state index in [2.05, 4.69) is 22.4 Å². The highest BCUT2D eigenvalue weighted by Gasteiger charge is 2.59. The predicted molar refractivity (Wildman–Crippen MR) is 103 cm³/mol. The third-order valence-corrected chi connectivity index (χ3v) is 6.39. The number of nitrogens with zero attached hydrogens (tertiary/aromatic N) is 2. The quantitative estimate of drug-likeness (QED) is 0.628. The monoisotopic (exact) mass is 381 g/mol. The van der Waals surface area contributed by atoms with Gasteiger partial charge in [-0.1, -0.05) is 24.3 Å². The zero-order valence-corrected chi connectivity index (χ0v) is 15.5. The number of carbonyl (C=O) groups excluding carboxylic acids is 3. The SMILES string of the molecule is O=C(CN1C(=O)[C@@H]2[C@@H](C1=O)[C@H]1C=C[C@@H]2C1)Nc1ccccc1N1CCOCC1. The van der Waals surface area contributed by atoms with Crippen molar-refractivity contribution < 1.29 is 19.1 Å². The van der Waals surface area contributed by atoms with Crippen LogP contribution in [0.25, 0.3) is 0 Å². The number of hydrogen-bond acceptors (Lipinski definition) is 5. The highest BCUT2D eigenvalue weighted by Crippen LogP contribution is 2.52. The third kappa shape index (κ3) is 2.73. The van der Waals surface area contributed by atoms with E-state index >= 15 is 0 Å². The van der Waals surface area contributed by atoms with Crippen molar-refractivity contribution in [2.45, 2.75) is 6.42 Å². The Hall–Kier alpha value is -2.67. The molecule has 4 atom stereocenters. The van der Waals surface area contributed by atoms with Crippen molar-refractivity contribution in [2.24, 2.45) is 23.7 Å². The van der Waals surface area contributed by atoms with Crippen LogP contribution in [0.3, 0.4) is 0 Å². The Morgan fingerprint density at radius 2 is 1.68 bits per heavy atom. The molecular formula is C21H23N3O4. The molecule has 146 valence electrons. The first kappa shape index (κ1) is 17.4. The summed E-state index contributed by atoms with van der Waals surface area (Å²) in [6.07, 6.45) is 5.00. The van der Waals surface area contributed by atoms with Crippen molar-refractivity contribution in [2.75, 3.05) is 43.1 Å². The van der Waals surface area contributed by atoms with Gasteiger partial charge in [-0.25, -0.2) is 0 Å². The largest absolute Gasteiger partial charge is 0.378 e. The topological polar surface area (TPSA) is 79.0 Å². The van der Waals surface area contributed by atoms with E-state index in [4.69, 9.17) is 4.74 Å².